The molecule has 2 rings (SSSR count). The quantitative estimate of drug-likeness (QED) is 0.485. The van der Waals surface area contributed by atoms with E-state index in [4.69, 9.17) is 11.6 Å². The third-order valence-electron chi connectivity index (χ3n) is 3.81. The maximum atomic E-state index is 11.9. The summed E-state index contributed by atoms with van der Waals surface area (Å²) in [6.45, 7) is 8.22. The number of carbonyl (C=O) groups is 2. The van der Waals surface area contributed by atoms with Gasteiger partial charge >= 0.3 is 11.8 Å². The van der Waals surface area contributed by atoms with E-state index < -0.39 is 11.8 Å². The summed E-state index contributed by atoms with van der Waals surface area (Å²) in [6.07, 6.45) is 1.49. The molecule has 5 nitrogen and oxygen atoms in total. The number of hydrazone groups is 1. The lowest BCUT2D eigenvalue weighted by atomic mass is 9.87. The molecule has 136 valence electrons. The maximum Gasteiger partial charge on any atom is 0.329 e. The monoisotopic (exact) mass is 371 g/mol. The van der Waals surface area contributed by atoms with Crippen molar-refractivity contribution < 1.29 is 9.59 Å². The van der Waals surface area contributed by atoms with Gasteiger partial charge in [0.25, 0.3) is 0 Å². The molecule has 2 aromatic carbocycles. The van der Waals surface area contributed by atoms with Crippen molar-refractivity contribution in [1.29, 1.82) is 0 Å². The molecular formula is C20H22ClN3O2. The van der Waals surface area contributed by atoms with Crippen LogP contribution in [0.2, 0.25) is 5.02 Å². The first-order valence-electron chi connectivity index (χ1n) is 8.18. The molecule has 0 bridgehead atoms. The van der Waals surface area contributed by atoms with Crippen LogP contribution in [0.15, 0.2) is 47.6 Å². The molecule has 6 heteroatoms. The van der Waals surface area contributed by atoms with E-state index >= 15 is 0 Å². The highest BCUT2D eigenvalue weighted by atomic mass is 35.5. The third kappa shape index (κ3) is 5.43. The van der Waals surface area contributed by atoms with E-state index in [2.05, 4.69) is 36.6 Å². The van der Waals surface area contributed by atoms with E-state index in [0.717, 1.165) is 11.1 Å². The van der Waals surface area contributed by atoms with Crippen LogP contribution in [0, 0.1) is 6.92 Å². The van der Waals surface area contributed by atoms with Gasteiger partial charge in [-0.05, 0) is 41.2 Å². The average molecular weight is 372 g/mol. The molecule has 0 aliphatic carbocycles. The Hall–Kier alpha value is -2.66. The number of halogens is 1. The Bertz CT molecular complexity index is 837. The SMILES string of the molecule is Cc1ccc(Cl)cc1NC(=O)C(=O)N/N=C\c1ccc(C(C)(C)C)cc1. The highest BCUT2D eigenvalue weighted by Gasteiger charge is 2.14. The Morgan fingerprint density at radius 2 is 1.69 bits per heavy atom. The second-order valence-electron chi connectivity index (χ2n) is 6.98. The fourth-order valence-corrected chi connectivity index (χ4v) is 2.37. The van der Waals surface area contributed by atoms with Crippen LogP contribution in [-0.2, 0) is 15.0 Å². The smallest absolute Gasteiger partial charge is 0.317 e. The average Bonchev–Trinajstić information content (AvgIpc) is 2.57. The highest BCUT2D eigenvalue weighted by Crippen LogP contribution is 2.22. The van der Waals surface area contributed by atoms with Gasteiger partial charge in [0.1, 0.15) is 0 Å². The van der Waals surface area contributed by atoms with E-state index in [1.54, 1.807) is 18.2 Å². The minimum Gasteiger partial charge on any atom is -0.317 e. The lowest BCUT2D eigenvalue weighted by Gasteiger charge is -2.18. The molecule has 0 aliphatic heterocycles. The summed E-state index contributed by atoms with van der Waals surface area (Å²) < 4.78 is 0. The Labute approximate surface area is 158 Å². The van der Waals surface area contributed by atoms with Crippen LogP contribution in [0.3, 0.4) is 0 Å². The number of benzene rings is 2. The Kier molecular flexibility index (Phi) is 6.16. The van der Waals surface area contributed by atoms with Crippen molar-refractivity contribution >= 4 is 35.3 Å². The predicted molar refractivity (Wildman–Crippen MR) is 106 cm³/mol. The molecule has 0 spiro atoms. The van der Waals surface area contributed by atoms with Gasteiger partial charge in [0.15, 0.2) is 0 Å². The van der Waals surface area contributed by atoms with Gasteiger partial charge in [-0.3, -0.25) is 9.59 Å². The topological polar surface area (TPSA) is 70.6 Å². The number of amides is 2. The van der Waals surface area contributed by atoms with Gasteiger partial charge in [-0.15, -0.1) is 0 Å². The minimum absolute atomic E-state index is 0.0699. The van der Waals surface area contributed by atoms with Gasteiger partial charge in [-0.25, -0.2) is 5.43 Å². The summed E-state index contributed by atoms with van der Waals surface area (Å²) in [5, 5.41) is 6.81. The number of aryl methyl sites for hydroxylation is 1. The van der Waals surface area contributed by atoms with Crippen LogP contribution in [0.1, 0.15) is 37.5 Å². The fraction of sp³-hybridized carbons (Fsp3) is 0.250. The Balaban J connectivity index is 1.94. The van der Waals surface area contributed by atoms with Crippen LogP contribution in [0.25, 0.3) is 0 Å². The molecule has 0 aliphatic rings. The van der Waals surface area contributed by atoms with Crippen LogP contribution in [0.4, 0.5) is 5.69 Å². The molecule has 2 aromatic rings. The van der Waals surface area contributed by atoms with Crippen LogP contribution in [0.5, 0.6) is 0 Å². The molecular weight excluding hydrogens is 350 g/mol. The number of carbonyl (C=O) groups excluding carboxylic acids is 2. The van der Waals surface area contributed by atoms with Crippen LogP contribution in [-0.4, -0.2) is 18.0 Å². The van der Waals surface area contributed by atoms with Gasteiger partial charge in [-0.1, -0.05) is 62.7 Å². The van der Waals surface area contributed by atoms with E-state index in [1.165, 1.54) is 11.8 Å². The summed E-state index contributed by atoms with van der Waals surface area (Å²) in [6, 6.07) is 12.9. The Morgan fingerprint density at radius 1 is 1.04 bits per heavy atom. The maximum absolute atomic E-state index is 11.9. The van der Waals surface area contributed by atoms with E-state index in [-0.39, 0.29) is 5.41 Å². The number of nitrogens with one attached hydrogen (secondary N) is 2. The first kappa shape index (κ1) is 19.7. The van der Waals surface area contributed by atoms with Gasteiger partial charge in [0.2, 0.25) is 0 Å². The molecule has 0 saturated heterocycles. The number of hydrogen-bond acceptors (Lipinski definition) is 3. The summed E-state index contributed by atoms with van der Waals surface area (Å²) >= 11 is 5.90. The lowest BCUT2D eigenvalue weighted by molar-refractivity contribution is -0.136. The zero-order chi connectivity index (χ0) is 19.3. The second kappa shape index (κ2) is 8.15. The van der Waals surface area contributed by atoms with Crippen molar-refractivity contribution in [2.75, 3.05) is 5.32 Å². The zero-order valence-corrected chi connectivity index (χ0v) is 16.0. The molecule has 0 fully saturated rings. The molecule has 26 heavy (non-hydrogen) atoms. The molecule has 0 heterocycles. The molecule has 0 saturated carbocycles. The number of hydrogen-bond donors (Lipinski definition) is 2. The normalized spacial score (nSPS) is 11.4. The minimum atomic E-state index is -0.855. The first-order chi connectivity index (χ1) is 12.2. The molecule has 2 amide bonds. The summed E-state index contributed by atoms with van der Waals surface area (Å²) in [5.74, 6) is -1.66. The van der Waals surface area contributed by atoms with Crippen LogP contribution >= 0.6 is 11.6 Å². The van der Waals surface area contributed by atoms with E-state index in [0.29, 0.717) is 10.7 Å². The van der Waals surface area contributed by atoms with Gasteiger partial charge < -0.3 is 5.32 Å². The van der Waals surface area contributed by atoms with Crippen molar-refractivity contribution in [2.45, 2.75) is 33.1 Å². The number of rotatable bonds is 3. The Morgan fingerprint density at radius 3 is 2.31 bits per heavy atom. The number of anilines is 1. The zero-order valence-electron chi connectivity index (χ0n) is 15.3. The van der Waals surface area contributed by atoms with Gasteiger partial charge in [0, 0.05) is 10.7 Å². The standard InChI is InChI=1S/C20H22ClN3O2/c1-13-5-10-16(21)11-17(13)23-18(25)19(26)24-22-12-14-6-8-15(9-7-14)20(2,3)4/h5-12H,1-4H3,(H,23,25)(H,24,26)/b22-12-. The fourth-order valence-electron chi connectivity index (χ4n) is 2.19. The van der Waals surface area contributed by atoms with Gasteiger partial charge in [0.05, 0.1) is 6.21 Å². The summed E-state index contributed by atoms with van der Waals surface area (Å²) in [7, 11) is 0. The molecule has 0 aromatic heterocycles. The highest BCUT2D eigenvalue weighted by molar-refractivity contribution is 6.40. The first-order valence-corrected chi connectivity index (χ1v) is 8.56. The lowest BCUT2D eigenvalue weighted by Crippen LogP contribution is -2.32. The predicted octanol–water partition coefficient (Wildman–Crippen LogP) is 4.03. The third-order valence-corrected chi connectivity index (χ3v) is 4.05. The van der Waals surface area contributed by atoms with Crippen LogP contribution < -0.4 is 10.7 Å². The van der Waals surface area contributed by atoms with Crippen molar-refractivity contribution in [2.24, 2.45) is 5.10 Å². The van der Waals surface area contributed by atoms with E-state index in [1.807, 2.05) is 31.2 Å². The van der Waals surface area contributed by atoms with Crippen molar-refractivity contribution in [3.63, 3.8) is 0 Å². The van der Waals surface area contributed by atoms with Crippen molar-refractivity contribution in [3.05, 3.63) is 64.2 Å². The summed E-state index contributed by atoms with van der Waals surface area (Å²) in [4.78, 5) is 23.8. The summed E-state index contributed by atoms with van der Waals surface area (Å²) in [5.41, 5.74) is 5.60. The van der Waals surface area contributed by atoms with Crippen molar-refractivity contribution in [1.82, 2.24) is 5.43 Å². The number of nitrogens with zero attached hydrogens (tertiary/aromatic N) is 1. The van der Waals surface area contributed by atoms with E-state index in [9.17, 15) is 9.59 Å². The van der Waals surface area contributed by atoms with Gasteiger partial charge in [-0.2, -0.15) is 5.10 Å². The largest absolute Gasteiger partial charge is 0.329 e. The molecule has 0 atom stereocenters. The molecule has 0 radical (unpaired) electrons. The molecule has 0 unspecified atom stereocenters. The van der Waals surface area contributed by atoms with Crippen molar-refractivity contribution in [3.8, 4) is 0 Å². The second-order valence-corrected chi connectivity index (χ2v) is 7.42. The molecule has 2 N–H and O–H groups in total.